The third-order valence-corrected chi connectivity index (χ3v) is 2.77. The molecule has 0 aliphatic rings. The summed E-state index contributed by atoms with van der Waals surface area (Å²) in [5.74, 6) is 1.19. The van der Waals surface area contributed by atoms with E-state index in [0.29, 0.717) is 17.2 Å². The fraction of sp³-hybridized carbons (Fsp3) is 0.214. The Labute approximate surface area is 106 Å². The Bertz CT molecular complexity index is 626. The smallest absolute Gasteiger partial charge is 0.161 e. The van der Waals surface area contributed by atoms with Crippen LogP contribution in [0.2, 0.25) is 0 Å². The van der Waals surface area contributed by atoms with Crippen molar-refractivity contribution in [2.45, 2.75) is 13.8 Å². The third kappa shape index (κ3) is 2.16. The number of aryl methyl sites for hydroxylation is 2. The van der Waals surface area contributed by atoms with Crippen LogP contribution in [-0.2, 0) is 0 Å². The van der Waals surface area contributed by atoms with Crippen LogP contribution in [-0.4, -0.2) is 17.0 Å². The number of nitrogens with zero attached hydrogens (tertiary/aromatic N) is 3. The van der Waals surface area contributed by atoms with E-state index in [1.165, 1.54) is 5.56 Å². The number of benzene rings is 1. The molecule has 4 nitrogen and oxygen atoms in total. The maximum absolute atomic E-state index is 8.93. The summed E-state index contributed by atoms with van der Waals surface area (Å²) < 4.78 is 0. The van der Waals surface area contributed by atoms with Gasteiger partial charge in [0, 0.05) is 12.6 Å². The first kappa shape index (κ1) is 12.1. The molecule has 1 aromatic carbocycles. The summed E-state index contributed by atoms with van der Waals surface area (Å²) in [6.07, 6.45) is 1.55. The molecule has 0 bridgehead atoms. The molecule has 1 N–H and O–H groups in total. The summed E-state index contributed by atoms with van der Waals surface area (Å²) in [5, 5.41) is 11.8. The van der Waals surface area contributed by atoms with Crippen molar-refractivity contribution in [2.75, 3.05) is 12.4 Å². The first-order valence-corrected chi connectivity index (χ1v) is 5.68. The highest BCUT2D eigenvalue weighted by Gasteiger charge is 2.09. The number of anilines is 1. The molecule has 4 heteroatoms. The van der Waals surface area contributed by atoms with Crippen molar-refractivity contribution in [3.8, 4) is 17.5 Å². The first-order valence-electron chi connectivity index (χ1n) is 5.68. The van der Waals surface area contributed by atoms with Crippen LogP contribution in [0.3, 0.4) is 0 Å². The number of rotatable bonds is 2. The number of nitrogens with one attached hydrogen (secondary N) is 1. The van der Waals surface area contributed by atoms with Gasteiger partial charge in [0.25, 0.3) is 0 Å². The minimum Gasteiger partial charge on any atom is -0.372 e. The topological polar surface area (TPSA) is 61.6 Å². The lowest BCUT2D eigenvalue weighted by molar-refractivity contribution is 1.14. The van der Waals surface area contributed by atoms with Crippen LogP contribution in [0.25, 0.3) is 11.4 Å². The summed E-state index contributed by atoms with van der Waals surface area (Å²) in [5.41, 5.74) is 3.77. The quantitative estimate of drug-likeness (QED) is 0.873. The van der Waals surface area contributed by atoms with Gasteiger partial charge < -0.3 is 5.32 Å². The van der Waals surface area contributed by atoms with Crippen LogP contribution in [0.4, 0.5) is 5.82 Å². The molecule has 0 fully saturated rings. The van der Waals surface area contributed by atoms with E-state index >= 15 is 0 Å². The van der Waals surface area contributed by atoms with Crippen molar-refractivity contribution in [2.24, 2.45) is 0 Å². The summed E-state index contributed by atoms with van der Waals surface area (Å²) in [4.78, 5) is 8.62. The van der Waals surface area contributed by atoms with Gasteiger partial charge in [0.05, 0.1) is 6.20 Å². The van der Waals surface area contributed by atoms with Gasteiger partial charge in [-0.15, -0.1) is 0 Å². The van der Waals surface area contributed by atoms with Gasteiger partial charge >= 0.3 is 0 Å². The molecule has 0 amide bonds. The lowest BCUT2D eigenvalue weighted by Crippen LogP contribution is -2.00. The molecule has 2 aromatic rings. The maximum Gasteiger partial charge on any atom is 0.161 e. The van der Waals surface area contributed by atoms with E-state index < -0.39 is 0 Å². The van der Waals surface area contributed by atoms with E-state index in [0.717, 1.165) is 11.1 Å². The Morgan fingerprint density at radius 2 is 2.06 bits per heavy atom. The lowest BCUT2D eigenvalue weighted by Gasteiger charge is -2.08. The van der Waals surface area contributed by atoms with Crippen LogP contribution < -0.4 is 5.32 Å². The highest BCUT2D eigenvalue weighted by molar-refractivity contribution is 5.64. The van der Waals surface area contributed by atoms with Gasteiger partial charge in [-0.3, -0.25) is 0 Å². The van der Waals surface area contributed by atoms with E-state index in [1.54, 1.807) is 13.2 Å². The van der Waals surface area contributed by atoms with Gasteiger partial charge in [-0.05, 0) is 19.4 Å². The van der Waals surface area contributed by atoms with Gasteiger partial charge in [-0.2, -0.15) is 5.26 Å². The van der Waals surface area contributed by atoms with Crippen molar-refractivity contribution in [3.63, 3.8) is 0 Å². The molecule has 90 valence electrons. The SMILES string of the molecule is CNc1nc(-c2ccc(C)cc2C)ncc1C#N. The Morgan fingerprint density at radius 1 is 1.28 bits per heavy atom. The zero-order valence-electron chi connectivity index (χ0n) is 10.7. The normalized spacial score (nSPS) is 9.89. The minimum absolute atomic E-state index is 0.450. The van der Waals surface area contributed by atoms with Crippen molar-refractivity contribution >= 4 is 5.82 Å². The second-order valence-corrected chi connectivity index (χ2v) is 4.14. The average Bonchev–Trinajstić information content (AvgIpc) is 2.38. The average molecular weight is 238 g/mol. The summed E-state index contributed by atoms with van der Waals surface area (Å²) in [7, 11) is 1.74. The molecule has 1 aromatic heterocycles. The summed E-state index contributed by atoms with van der Waals surface area (Å²) in [6, 6.07) is 8.19. The molecule has 0 atom stereocenters. The number of hydrogen-bond donors (Lipinski definition) is 1. The molecular weight excluding hydrogens is 224 g/mol. The van der Waals surface area contributed by atoms with Crippen molar-refractivity contribution < 1.29 is 0 Å². The Morgan fingerprint density at radius 3 is 2.67 bits per heavy atom. The highest BCUT2D eigenvalue weighted by Crippen LogP contribution is 2.22. The molecule has 2 rings (SSSR count). The zero-order chi connectivity index (χ0) is 13.1. The maximum atomic E-state index is 8.93. The molecule has 1 heterocycles. The molecule has 0 spiro atoms. The van der Waals surface area contributed by atoms with E-state index in [1.807, 2.05) is 19.1 Å². The van der Waals surface area contributed by atoms with Gasteiger partial charge in [-0.1, -0.05) is 23.8 Å². The standard InChI is InChI=1S/C14H14N4/c1-9-4-5-12(10(2)6-9)14-17-8-11(7-15)13(16-3)18-14/h4-6,8H,1-3H3,(H,16,17,18). The monoisotopic (exact) mass is 238 g/mol. The predicted octanol–water partition coefficient (Wildman–Crippen LogP) is 2.67. The van der Waals surface area contributed by atoms with E-state index in [-0.39, 0.29) is 0 Å². The fourth-order valence-electron chi connectivity index (χ4n) is 1.85. The third-order valence-electron chi connectivity index (χ3n) is 2.77. The number of hydrogen-bond acceptors (Lipinski definition) is 4. The van der Waals surface area contributed by atoms with Crippen molar-refractivity contribution in [1.29, 1.82) is 5.26 Å². The number of aromatic nitrogens is 2. The second kappa shape index (κ2) is 4.84. The van der Waals surface area contributed by atoms with Crippen LogP contribution in [0, 0.1) is 25.2 Å². The van der Waals surface area contributed by atoms with Crippen LogP contribution in [0.5, 0.6) is 0 Å². The number of nitriles is 1. The molecule has 0 saturated heterocycles. The van der Waals surface area contributed by atoms with Crippen LogP contribution in [0.1, 0.15) is 16.7 Å². The van der Waals surface area contributed by atoms with E-state index in [2.05, 4.69) is 34.3 Å². The molecule has 0 radical (unpaired) electrons. The molecule has 0 aliphatic heterocycles. The summed E-state index contributed by atoms with van der Waals surface area (Å²) in [6.45, 7) is 4.08. The van der Waals surface area contributed by atoms with Crippen molar-refractivity contribution in [1.82, 2.24) is 9.97 Å². The second-order valence-electron chi connectivity index (χ2n) is 4.14. The fourth-order valence-corrected chi connectivity index (χ4v) is 1.85. The Hall–Kier alpha value is -2.41. The van der Waals surface area contributed by atoms with Crippen LogP contribution in [0.15, 0.2) is 24.4 Å². The lowest BCUT2D eigenvalue weighted by atomic mass is 10.1. The molecule has 0 unspecified atom stereocenters. The first-order chi connectivity index (χ1) is 8.65. The van der Waals surface area contributed by atoms with Gasteiger partial charge in [-0.25, -0.2) is 9.97 Å². The summed E-state index contributed by atoms with van der Waals surface area (Å²) >= 11 is 0. The van der Waals surface area contributed by atoms with Gasteiger partial charge in [0.15, 0.2) is 5.82 Å². The van der Waals surface area contributed by atoms with Gasteiger partial charge in [0.1, 0.15) is 17.5 Å². The molecule has 18 heavy (non-hydrogen) atoms. The Kier molecular flexibility index (Phi) is 3.24. The molecular formula is C14H14N4. The largest absolute Gasteiger partial charge is 0.372 e. The highest BCUT2D eigenvalue weighted by atomic mass is 15.0. The van der Waals surface area contributed by atoms with E-state index in [9.17, 15) is 0 Å². The predicted molar refractivity (Wildman–Crippen MR) is 71.2 cm³/mol. The zero-order valence-corrected chi connectivity index (χ0v) is 10.7. The van der Waals surface area contributed by atoms with E-state index in [4.69, 9.17) is 5.26 Å². The Balaban J connectivity index is 2.55. The van der Waals surface area contributed by atoms with Crippen LogP contribution >= 0.6 is 0 Å². The van der Waals surface area contributed by atoms with Gasteiger partial charge in [0.2, 0.25) is 0 Å². The minimum atomic E-state index is 0.450. The molecule has 0 saturated carbocycles. The molecule has 0 aliphatic carbocycles. The van der Waals surface area contributed by atoms with Crippen molar-refractivity contribution in [3.05, 3.63) is 41.1 Å².